The van der Waals surface area contributed by atoms with Crippen molar-refractivity contribution in [3.8, 4) is 0 Å². The average molecular weight is 263 g/mol. The van der Waals surface area contributed by atoms with Crippen LogP contribution in [0.25, 0.3) is 0 Å². The number of likely N-dealkylation sites (N-methyl/N-ethyl adjacent to an activating group) is 1. The van der Waals surface area contributed by atoms with Gasteiger partial charge in [-0.25, -0.2) is 8.42 Å². The molecular weight excluding hydrogens is 242 g/mol. The molecule has 0 aliphatic heterocycles. The fourth-order valence-electron chi connectivity index (χ4n) is 2.04. The van der Waals surface area contributed by atoms with Crippen molar-refractivity contribution in [1.82, 2.24) is 4.31 Å². The first-order chi connectivity index (χ1) is 7.70. The van der Waals surface area contributed by atoms with Crippen molar-refractivity contribution in [2.24, 2.45) is 0 Å². The largest absolute Gasteiger partial charge is 0.480 e. The van der Waals surface area contributed by atoms with Gasteiger partial charge < -0.3 is 5.11 Å². The van der Waals surface area contributed by atoms with Crippen molar-refractivity contribution in [1.29, 1.82) is 0 Å². The number of hydrogen-bond donors (Lipinski definition) is 1. The van der Waals surface area contributed by atoms with Crippen LogP contribution in [-0.2, 0) is 14.8 Å². The Morgan fingerprint density at radius 1 is 1.24 bits per heavy atom. The molecule has 0 radical (unpaired) electrons. The van der Waals surface area contributed by atoms with Gasteiger partial charge in [0.2, 0.25) is 10.0 Å². The first-order valence-electron chi connectivity index (χ1n) is 5.92. The molecule has 1 rings (SSSR count). The highest BCUT2D eigenvalue weighted by molar-refractivity contribution is 7.89. The van der Waals surface area contributed by atoms with Gasteiger partial charge >= 0.3 is 5.97 Å². The van der Waals surface area contributed by atoms with E-state index in [1.165, 1.54) is 20.9 Å². The summed E-state index contributed by atoms with van der Waals surface area (Å²) < 4.78 is 25.6. The molecule has 100 valence electrons. The highest BCUT2D eigenvalue weighted by atomic mass is 32.2. The molecule has 1 aliphatic rings. The number of aliphatic carboxylic acids is 1. The third-order valence-corrected chi connectivity index (χ3v) is 6.20. The van der Waals surface area contributed by atoms with Crippen molar-refractivity contribution in [3.05, 3.63) is 0 Å². The van der Waals surface area contributed by atoms with Crippen LogP contribution in [-0.4, -0.2) is 41.6 Å². The van der Waals surface area contributed by atoms with Gasteiger partial charge in [-0.1, -0.05) is 19.3 Å². The molecule has 0 spiro atoms. The van der Waals surface area contributed by atoms with Crippen molar-refractivity contribution < 1.29 is 18.3 Å². The maximum absolute atomic E-state index is 12.3. The number of rotatable bonds is 4. The summed E-state index contributed by atoms with van der Waals surface area (Å²) >= 11 is 0. The monoisotopic (exact) mass is 263 g/mol. The number of hydrogen-bond acceptors (Lipinski definition) is 3. The molecule has 0 aromatic heterocycles. The lowest BCUT2D eigenvalue weighted by Crippen LogP contribution is -2.53. The van der Waals surface area contributed by atoms with Crippen LogP contribution in [0.15, 0.2) is 0 Å². The van der Waals surface area contributed by atoms with Gasteiger partial charge in [-0.3, -0.25) is 4.79 Å². The maximum atomic E-state index is 12.3. The van der Waals surface area contributed by atoms with Gasteiger partial charge in [-0.2, -0.15) is 4.31 Å². The fraction of sp³-hybridized carbons (Fsp3) is 0.909. The molecule has 1 saturated carbocycles. The predicted molar refractivity (Wildman–Crippen MR) is 65.3 cm³/mol. The van der Waals surface area contributed by atoms with Gasteiger partial charge in [0, 0.05) is 7.05 Å². The molecule has 5 nitrogen and oxygen atoms in total. The van der Waals surface area contributed by atoms with Crippen molar-refractivity contribution in [2.75, 3.05) is 7.05 Å². The predicted octanol–water partition coefficient (Wildman–Crippen LogP) is 1.44. The zero-order chi connectivity index (χ0) is 13.3. The Bertz CT molecular complexity index is 382. The standard InChI is InChI=1S/C11H21NO4S/c1-11(2,10(13)14)12(3)17(15,16)9-7-5-4-6-8-9/h9H,4-8H2,1-3H3,(H,13,14). The first kappa shape index (κ1) is 14.4. The Labute approximate surface area is 103 Å². The van der Waals surface area contributed by atoms with E-state index in [9.17, 15) is 13.2 Å². The van der Waals surface area contributed by atoms with Crippen molar-refractivity contribution in [3.63, 3.8) is 0 Å². The minimum absolute atomic E-state index is 0.417. The molecular formula is C11H21NO4S. The lowest BCUT2D eigenvalue weighted by molar-refractivity contribution is -0.145. The molecule has 0 aromatic carbocycles. The van der Waals surface area contributed by atoms with E-state index in [0.29, 0.717) is 12.8 Å². The molecule has 0 atom stereocenters. The van der Waals surface area contributed by atoms with Crippen LogP contribution in [0, 0.1) is 0 Å². The van der Waals surface area contributed by atoms with E-state index >= 15 is 0 Å². The molecule has 0 saturated heterocycles. The fourth-order valence-corrected chi connectivity index (χ4v) is 4.13. The van der Waals surface area contributed by atoms with Gasteiger partial charge in [0.25, 0.3) is 0 Å². The topological polar surface area (TPSA) is 74.7 Å². The molecule has 1 aliphatic carbocycles. The smallest absolute Gasteiger partial charge is 0.324 e. The summed E-state index contributed by atoms with van der Waals surface area (Å²) in [5.74, 6) is -1.13. The Morgan fingerprint density at radius 2 is 1.71 bits per heavy atom. The minimum Gasteiger partial charge on any atom is -0.480 e. The molecule has 1 N–H and O–H groups in total. The van der Waals surface area contributed by atoms with Gasteiger partial charge in [0.1, 0.15) is 5.54 Å². The first-order valence-corrected chi connectivity index (χ1v) is 7.42. The number of carboxylic acids is 1. The second kappa shape index (κ2) is 4.94. The number of carboxylic acid groups (broad SMARTS) is 1. The van der Waals surface area contributed by atoms with E-state index in [1.54, 1.807) is 0 Å². The van der Waals surface area contributed by atoms with Crippen LogP contribution < -0.4 is 0 Å². The van der Waals surface area contributed by atoms with Crippen LogP contribution in [0.1, 0.15) is 46.0 Å². The van der Waals surface area contributed by atoms with Crippen LogP contribution in [0.5, 0.6) is 0 Å². The quantitative estimate of drug-likeness (QED) is 0.833. The Hall–Kier alpha value is -0.620. The summed E-state index contributed by atoms with van der Waals surface area (Å²) in [5.41, 5.74) is -1.39. The van der Waals surface area contributed by atoms with E-state index in [-0.39, 0.29) is 0 Å². The molecule has 0 unspecified atom stereocenters. The van der Waals surface area contributed by atoms with Crippen LogP contribution >= 0.6 is 0 Å². The van der Waals surface area contributed by atoms with Crippen molar-refractivity contribution in [2.45, 2.75) is 56.7 Å². The lowest BCUT2D eigenvalue weighted by Gasteiger charge is -2.34. The molecule has 0 heterocycles. The summed E-state index contributed by atoms with van der Waals surface area (Å²) in [5, 5.41) is 8.65. The molecule has 0 aromatic rings. The SMILES string of the molecule is CN(C(C)(C)C(=O)O)S(=O)(=O)C1CCCCC1. The van der Waals surface area contributed by atoms with Crippen LogP contribution in [0.2, 0.25) is 0 Å². The summed E-state index contributed by atoms with van der Waals surface area (Å²) in [6.45, 7) is 2.82. The number of carbonyl (C=O) groups is 1. The molecule has 1 fully saturated rings. The lowest BCUT2D eigenvalue weighted by atomic mass is 10.0. The Morgan fingerprint density at radius 3 is 2.12 bits per heavy atom. The van der Waals surface area contributed by atoms with E-state index in [4.69, 9.17) is 5.11 Å². The van der Waals surface area contributed by atoms with Gasteiger partial charge in [0.05, 0.1) is 5.25 Å². The van der Waals surface area contributed by atoms with E-state index in [2.05, 4.69) is 0 Å². The van der Waals surface area contributed by atoms with E-state index < -0.39 is 26.8 Å². The maximum Gasteiger partial charge on any atom is 0.324 e. The minimum atomic E-state index is -3.51. The van der Waals surface area contributed by atoms with Crippen molar-refractivity contribution >= 4 is 16.0 Å². The van der Waals surface area contributed by atoms with E-state index in [1.807, 2.05) is 0 Å². The summed E-state index contributed by atoms with van der Waals surface area (Å²) in [6, 6.07) is 0. The van der Waals surface area contributed by atoms with Crippen LogP contribution in [0.4, 0.5) is 0 Å². The van der Waals surface area contributed by atoms with E-state index in [0.717, 1.165) is 23.6 Å². The number of sulfonamides is 1. The molecule has 17 heavy (non-hydrogen) atoms. The number of nitrogens with zero attached hydrogens (tertiary/aromatic N) is 1. The van der Waals surface area contributed by atoms with Gasteiger partial charge in [-0.15, -0.1) is 0 Å². The molecule has 0 bridgehead atoms. The van der Waals surface area contributed by atoms with Gasteiger partial charge in [-0.05, 0) is 26.7 Å². The summed E-state index contributed by atoms with van der Waals surface area (Å²) in [6.07, 6.45) is 4.17. The summed E-state index contributed by atoms with van der Waals surface area (Å²) in [7, 11) is -2.15. The highest BCUT2D eigenvalue weighted by Gasteiger charge is 2.42. The summed E-state index contributed by atoms with van der Waals surface area (Å²) in [4.78, 5) is 11.1. The highest BCUT2D eigenvalue weighted by Crippen LogP contribution is 2.28. The zero-order valence-corrected chi connectivity index (χ0v) is 11.5. The third-order valence-electron chi connectivity index (χ3n) is 3.67. The Kier molecular flexibility index (Phi) is 4.19. The molecule has 6 heteroatoms. The molecule has 0 amide bonds. The Balaban J connectivity index is 2.93. The third kappa shape index (κ3) is 2.80. The average Bonchev–Trinajstić information content (AvgIpc) is 2.29. The van der Waals surface area contributed by atoms with Crippen LogP contribution in [0.3, 0.4) is 0 Å². The second-order valence-corrected chi connectivity index (χ2v) is 7.38. The second-order valence-electron chi connectivity index (χ2n) is 5.14. The normalized spacial score (nSPS) is 19.5. The van der Waals surface area contributed by atoms with Gasteiger partial charge in [0.15, 0.2) is 0 Å². The zero-order valence-electron chi connectivity index (χ0n) is 10.6.